The van der Waals surface area contributed by atoms with Gasteiger partial charge in [-0.05, 0) is 24.5 Å². The van der Waals surface area contributed by atoms with Gasteiger partial charge in [0.2, 0.25) is 0 Å². The van der Waals surface area contributed by atoms with Crippen molar-refractivity contribution >= 4 is 17.8 Å². The van der Waals surface area contributed by atoms with Crippen molar-refractivity contribution < 1.29 is 24.6 Å². The Bertz CT molecular complexity index is 657. The van der Waals surface area contributed by atoms with E-state index >= 15 is 0 Å². The lowest BCUT2D eigenvalue weighted by atomic mass is 9.97. The highest BCUT2D eigenvalue weighted by Crippen LogP contribution is 2.68. The van der Waals surface area contributed by atoms with Crippen LogP contribution in [0, 0.1) is 10.8 Å². The van der Waals surface area contributed by atoms with Crippen molar-refractivity contribution in [3.05, 3.63) is 35.4 Å². The Hall–Kier alpha value is -2.37. The fourth-order valence-corrected chi connectivity index (χ4v) is 3.64. The minimum absolute atomic E-state index is 0.0362. The number of aliphatic carboxylic acids is 2. The molecule has 0 bridgehead atoms. The molecule has 1 heterocycles. The second-order valence-electron chi connectivity index (χ2n) is 6.12. The highest BCUT2D eigenvalue weighted by atomic mass is 16.4. The maximum Gasteiger partial charge on any atom is 0.312 e. The van der Waals surface area contributed by atoms with Crippen LogP contribution in [-0.2, 0) is 16.0 Å². The molecule has 1 aliphatic carbocycles. The van der Waals surface area contributed by atoms with Crippen molar-refractivity contribution in [2.24, 2.45) is 10.8 Å². The molecule has 1 amide bonds. The van der Waals surface area contributed by atoms with E-state index in [1.165, 1.54) is 4.90 Å². The molecule has 2 fully saturated rings. The van der Waals surface area contributed by atoms with Gasteiger partial charge in [0, 0.05) is 18.7 Å². The molecular formula is C16H17NO5. The molecule has 3 rings (SSSR count). The van der Waals surface area contributed by atoms with Gasteiger partial charge in [-0.25, -0.2) is 0 Å². The zero-order valence-electron chi connectivity index (χ0n) is 12.2. The van der Waals surface area contributed by atoms with Crippen molar-refractivity contribution in [3.8, 4) is 0 Å². The summed E-state index contributed by atoms with van der Waals surface area (Å²) in [6, 6.07) is 7.15. The molecule has 1 aromatic rings. The summed E-state index contributed by atoms with van der Waals surface area (Å²) >= 11 is 0. The minimum atomic E-state index is -1.32. The van der Waals surface area contributed by atoms with Crippen LogP contribution in [-0.4, -0.2) is 46.0 Å². The van der Waals surface area contributed by atoms with E-state index in [9.17, 15) is 24.6 Å². The van der Waals surface area contributed by atoms with E-state index in [1.807, 2.05) is 19.1 Å². The molecule has 0 radical (unpaired) electrons. The molecule has 1 saturated heterocycles. The standard InChI is InChI=1S/C16H17NO5/c1-2-10-5-3-4-6-11(10)12(18)17-8-15(13(19)20)7-16(15,9-17)14(21)22/h3-6H,2,7-9H2,1H3,(H,19,20)(H,21,22)/t15-,16+. The zero-order valence-corrected chi connectivity index (χ0v) is 12.2. The Morgan fingerprint density at radius 3 is 2.14 bits per heavy atom. The third-order valence-corrected chi connectivity index (χ3v) is 5.05. The van der Waals surface area contributed by atoms with Crippen LogP contribution >= 0.6 is 0 Å². The maximum atomic E-state index is 12.7. The number of fused-ring (bicyclic) bond motifs is 1. The first kappa shape index (κ1) is 14.6. The van der Waals surface area contributed by atoms with Crippen LogP contribution in [0.25, 0.3) is 0 Å². The largest absolute Gasteiger partial charge is 0.481 e. The van der Waals surface area contributed by atoms with Crippen molar-refractivity contribution in [2.45, 2.75) is 19.8 Å². The Kier molecular flexibility index (Phi) is 3.02. The number of piperidine rings is 1. The number of carbonyl (C=O) groups is 3. The van der Waals surface area contributed by atoms with Crippen LogP contribution < -0.4 is 0 Å². The summed E-state index contributed by atoms with van der Waals surface area (Å²) in [5.74, 6) is -2.55. The average Bonchev–Trinajstić information content (AvgIpc) is 3.05. The molecule has 0 unspecified atom stereocenters. The summed E-state index contributed by atoms with van der Waals surface area (Å²) < 4.78 is 0. The first-order valence-corrected chi connectivity index (χ1v) is 7.22. The van der Waals surface area contributed by atoms with Crippen molar-refractivity contribution in [3.63, 3.8) is 0 Å². The molecule has 0 spiro atoms. The second kappa shape index (κ2) is 4.56. The van der Waals surface area contributed by atoms with Gasteiger partial charge in [0.05, 0.1) is 0 Å². The number of benzene rings is 1. The lowest BCUT2D eigenvalue weighted by Crippen LogP contribution is -2.35. The summed E-state index contributed by atoms with van der Waals surface area (Å²) in [5, 5.41) is 18.8. The molecule has 1 aromatic carbocycles. The normalized spacial score (nSPS) is 29.0. The Morgan fingerprint density at radius 1 is 1.09 bits per heavy atom. The third-order valence-electron chi connectivity index (χ3n) is 5.05. The number of aryl methyl sites for hydroxylation is 1. The van der Waals surface area contributed by atoms with E-state index < -0.39 is 22.8 Å². The van der Waals surface area contributed by atoms with Crippen LogP contribution in [0.15, 0.2) is 24.3 Å². The number of nitrogens with zero attached hydrogens (tertiary/aromatic N) is 1. The maximum absolute atomic E-state index is 12.7. The lowest BCUT2D eigenvalue weighted by Gasteiger charge is -2.21. The molecule has 6 heteroatoms. The van der Waals surface area contributed by atoms with Gasteiger partial charge >= 0.3 is 11.9 Å². The highest BCUT2D eigenvalue weighted by Gasteiger charge is 2.81. The smallest absolute Gasteiger partial charge is 0.312 e. The topological polar surface area (TPSA) is 94.9 Å². The number of amides is 1. The first-order chi connectivity index (χ1) is 10.4. The van der Waals surface area contributed by atoms with Gasteiger partial charge in [-0.15, -0.1) is 0 Å². The van der Waals surface area contributed by atoms with Crippen LogP contribution in [0.3, 0.4) is 0 Å². The van der Waals surface area contributed by atoms with Crippen molar-refractivity contribution in [1.29, 1.82) is 0 Å². The van der Waals surface area contributed by atoms with Gasteiger partial charge in [0.25, 0.3) is 5.91 Å². The van der Waals surface area contributed by atoms with Gasteiger partial charge < -0.3 is 15.1 Å². The summed E-state index contributed by atoms with van der Waals surface area (Å²) in [6.07, 6.45) is 0.785. The Labute approximate surface area is 127 Å². The predicted molar refractivity (Wildman–Crippen MR) is 76.5 cm³/mol. The van der Waals surface area contributed by atoms with Crippen LogP contribution in [0.5, 0.6) is 0 Å². The van der Waals surface area contributed by atoms with E-state index in [4.69, 9.17) is 0 Å². The molecule has 0 aromatic heterocycles. The highest BCUT2D eigenvalue weighted by molar-refractivity contribution is 6.00. The molecule has 116 valence electrons. The number of carbonyl (C=O) groups excluding carboxylic acids is 1. The van der Waals surface area contributed by atoms with Crippen LogP contribution in [0.1, 0.15) is 29.3 Å². The zero-order chi connectivity index (χ0) is 16.1. The molecular weight excluding hydrogens is 286 g/mol. The monoisotopic (exact) mass is 303 g/mol. The Morgan fingerprint density at radius 2 is 1.64 bits per heavy atom. The van der Waals surface area contributed by atoms with Crippen LogP contribution in [0.4, 0.5) is 0 Å². The van der Waals surface area contributed by atoms with E-state index in [1.54, 1.807) is 12.1 Å². The molecule has 2 aliphatic rings. The van der Waals surface area contributed by atoms with E-state index in [0.717, 1.165) is 5.56 Å². The number of rotatable bonds is 4. The van der Waals surface area contributed by atoms with Crippen molar-refractivity contribution in [1.82, 2.24) is 4.90 Å². The molecule has 22 heavy (non-hydrogen) atoms. The summed E-state index contributed by atoms with van der Waals surface area (Å²) in [6.45, 7) is 1.86. The van der Waals surface area contributed by atoms with Crippen LogP contribution in [0.2, 0.25) is 0 Å². The average molecular weight is 303 g/mol. The summed E-state index contributed by atoms with van der Waals surface area (Å²) in [7, 11) is 0. The molecule has 2 N–H and O–H groups in total. The number of likely N-dealkylation sites (tertiary alicyclic amines) is 1. The number of carboxylic acid groups (broad SMARTS) is 2. The van der Waals surface area contributed by atoms with E-state index in [0.29, 0.717) is 12.0 Å². The van der Waals surface area contributed by atoms with Crippen molar-refractivity contribution in [2.75, 3.05) is 13.1 Å². The second-order valence-corrected chi connectivity index (χ2v) is 6.12. The minimum Gasteiger partial charge on any atom is -0.481 e. The van der Waals surface area contributed by atoms with Gasteiger partial charge in [-0.2, -0.15) is 0 Å². The summed E-state index contributed by atoms with van der Waals surface area (Å²) in [4.78, 5) is 37.0. The van der Waals surface area contributed by atoms with Gasteiger partial charge in [-0.3, -0.25) is 14.4 Å². The molecule has 1 aliphatic heterocycles. The fourth-order valence-electron chi connectivity index (χ4n) is 3.64. The number of hydrogen-bond donors (Lipinski definition) is 2. The quantitative estimate of drug-likeness (QED) is 0.873. The lowest BCUT2D eigenvalue weighted by molar-refractivity contribution is -0.151. The third kappa shape index (κ3) is 1.70. The first-order valence-electron chi connectivity index (χ1n) is 7.22. The fraction of sp³-hybridized carbons (Fsp3) is 0.438. The molecule has 2 atom stereocenters. The van der Waals surface area contributed by atoms with E-state index in [2.05, 4.69) is 0 Å². The Balaban J connectivity index is 1.91. The SMILES string of the molecule is CCc1ccccc1C(=O)N1C[C@@]2(C(=O)O)C[C@@]2(C(=O)O)C1. The van der Waals surface area contributed by atoms with Gasteiger partial charge in [0.15, 0.2) is 0 Å². The number of carboxylic acids is 2. The van der Waals surface area contributed by atoms with Gasteiger partial charge in [-0.1, -0.05) is 25.1 Å². The number of hydrogen-bond acceptors (Lipinski definition) is 3. The molecule has 1 saturated carbocycles. The van der Waals surface area contributed by atoms with Gasteiger partial charge in [0.1, 0.15) is 10.8 Å². The molecule has 6 nitrogen and oxygen atoms in total. The summed E-state index contributed by atoms with van der Waals surface area (Å²) in [5.41, 5.74) is -1.25. The predicted octanol–water partition coefficient (Wildman–Crippen LogP) is 1.25. The van der Waals surface area contributed by atoms with E-state index in [-0.39, 0.29) is 25.4 Å².